The number of nitrogens with two attached hydrogens (primary N) is 1. The number of nitrogens with one attached hydrogen (secondary N) is 1. The minimum atomic E-state index is -0.645. The molecular weight excluding hydrogens is 296 g/mol. The number of nitrogens with zero attached hydrogens (tertiary/aromatic N) is 2. The molecule has 0 fully saturated rings. The zero-order valence-electron chi connectivity index (χ0n) is 10.7. The highest BCUT2D eigenvalue weighted by Crippen LogP contribution is 2.21. The quantitative estimate of drug-likeness (QED) is 0.511. The van der Waals surface area contributed by atoms with Gasteiger partial charge in [-0.2, -0.15) is 0 Å². The summed E-state index contributed by atoms with van der Waals surface area (Å²) >= 11 is 5.82. The molecule has 1 heterocycles. The monoisotopic (exact) mass is 306 g/mol. The first kappa shape index (κ1) is 14.9. The Morgan fingerprint density at radius 2 is 2.14 bits per heavy atom. The largest absolute Gasteiger partial charge is 0.326 e. The second-order valence-corrected chi connectivity index (χ2v) is 4.46. The van der Waals surface area contributed by atoms with Gasteiger partial charge in [-0.3, -0.25) is 14.9 Å². The Balaban J connectivity index is 2.32. The van der Waals surface area contributed by atoms with E-state index in [0.29, 0.717) is 5.69 Å². The molecule has 108 valence electrons. The number of nitro groups is 1. The number of hydrogen-bond donors (Lipinski definition) is 2. The Hall–Kier alpha value is -2.51. The third kappa shape index (κ3) is 3.33. The maximum atomic E-state index is 12.2. The van der Waals surface area contributed by atoms with Crippen LogP contribution in [0.25, 0.3) is 0 Å². The number of benzene rings is 1. The summed E-state index contributed by atoms with van der Waals surface area (Å²) in [7, 11) is 0. The van der Waals surface area contributed by atoms with Gasteiger partial charge in [-0.05, 0) is 11.6 Å². The summed E-state index contributed by atoms with van der Waals surface area (Å²) in [5.74, 6) is -0.586. The van der Waals surface area contributed by atoms with Gasteiger partial charge in [-0.15, -0.1) is 0 Å². The molecule has 0 aliphatic carbocycles. The van der Waals surface area contributed by atoms with Crippen molar-refractivity contribution < 1.29 is 9.72 Å². The highest BCUT2D eigenvalue weighted by molar-refractivity contribution is 6.33. The zero-order chi connectivity index (χ0) is 15.4. The summed E-state index contributed by atoms with van der Waals surface area (Å²) in [5.41, 5.74) is 6.46. The summed E-state index contributed by atoms with van der Waals surface area (Å²) in [6, 6.07) is 8.05. The molecule has 0 bridgehead atoms. The standard InChI is InChI=1S/C13H11ClN4O3/c14-12-10(5-9(7-16-12)18(20)21)13(19)17-11-4-2-1-3-8(11)6-15/h1-5,7H,6,15H2,(H,17,19). The van der Waals surface area contributed by atoms with E-state index in [0.717, 1.165) is 17.8 Å². The summed E-state index contributed by atoms with van der Waals surface area (Å²) in [4.78, 5) is 25.9. The van der Waals surface area contributed by atoms with Crippen LogP contribution < -0.4 is 11.1 Å². The Kier molecular flexibility index (Phi) is 4.46. The van der Waals surface area contributed by atoms with E-state index in [2.05, 4.69) is 10.3 Å². The highest BCUT2D eigenvalue weighted by Gasteiger charge is 2.17. The van der Waals surface area contributed by atoms with Crippen molar-refractivity contribution in [3.05, 3.63) is 62.9 Å². The molecule has 0 saturated carbocycles. The Morgan fingerprint density at radius 1 is 1.43 bits per heavy atom. The minimum absolute atomic E-state index is 0.0716. The van der Waals surface area contributed by atoms with Gasteiger partial charge in [0.15, 0.2) is 0 Å². The van der Waals surface area contributed by atoms with Crippen molar-refractivity contribution in [1.29, 1.82) is 0 Å². The lowest BCUT2D eigenvalue weighted by atomic mass is 10.1. The van der Waals surface area contributed by atoms with Crippen molar-refractivity contribution in [3.63, 3.8) is 0 Å². The number of hydrogen-bond acceptors (Lipinski definition) is 5. The van der Waals surface area contributed by atoms with Crippen LogP contribution in [0, 0.1) is 10.1 Å². The van der Waals surface area contributed by atoms with E-state index in [1.165, 1.54) is 0 Å². The van der Waals surface area contributed by atoms with Crippen LogP contribution in [0.1, 0.15) is 15.9 Å². The molecule has 0 atom stereocenters. The second-order valence-electron chi connectivity index (χ2n) is 4.10. The first-order valence-corrected chi connectivity index (χ1v) is 6.30. The maximum Gasteiger partial charge on any atom is 0.288 e. The van der Waals surface area contributed by atoms with E-state index >= 15 is 0 Å². The van der Waals surface area contributed by atoms with Gasteiger partial charge in [0.25, 0.3) is 11.6 Å². The van der Waals surface area contributed by atoms with Crippen LogP contribution in [0.15, 0.2) is 36.5 Å². The average Bonchev–Trinajstić information content (AvgIpc) is 2.47. The van der Waals surface area contributed by atoms with Gasteiger partial charge in [0.2, 0.25) is 0 Å². The maximum absolute atomic E-state index is 12.2. The Morgan fingerprint density at radius 3 is 2.81 bits per heavy atom. The molecule has 0 spiro atoms. The van der Waals surface area contributed by atoms with Crippen molar-refractivity contribution in [3.8, 4) is 0 Å². The fraction of sp³-hybridized carbons (Fsp3) is 0.0769. The van der Waals surface area contributed by atoms with Gasteiger partial charge in [-0.25, -0.2) is 4.98 Å². The highest BCUT2D eigenvalue weighted by atomic mass is 35.5. The fourth-order valence-corrected chi connectivity index (χ4v) is 1.90. The smallest absolute Gasteiger partial charge is 0.288 e. The van der Waals surface area contributed by atoms with Gasteiger partial charge < -0.3 is 11.1 Å². The van der Waals surface area contributed by atoms with Crippen molar-refractivity contribution in [2.45, 2.75) is 6.54 Å². The van der Waals surface area contributed by atoms with Crippen molar-refractivity contribution in [2.24, 2.45) is 5.73 Å². The molecule has 8 heteroatoms. The van der Waals surface area contributed by atoms with E-state index in [1.54, 1.807) is 24.3 Å². The van der Waals surface area contributed by atoms with Gasteiger partial charge in [0.1, 0.15) is 11.3 Å². The van der Waals surface area contributed by atoms with Crippen LogP contribution in [0.3, 0.4) is 0 Å². The van der Waals surface area contributed by atoms with Crippen molar-refractivity contribution in [2.75, 3.05) is 5.32 Å². The van der Waals surface area contributed by atoms with E-state index in [9.17, 15) is 14.9 Å². The lowest BCUT2D eigenvalue weighted by Gasteiger charge is -2.10. The van der Waals surface area contributed by atoms with Crippen LogP contribution >= 0.6 is 11.6 Å². The molecule has 0 aliphatic rings. The average molecular weight is 307 g/mol. The molecule has 2 rings (SSSR count). The molecule has 0 saturated heterocycles. The molecule has 1 aromatic heterocycles. The number of carbonyl (C=O) groups excluding carboxylic acids is 1. The van der Waals surface area contributed by atoms with Crippen LogP contribution in [0.2, 0.25) is 5.15 Å². The number of anilines is 1. The van der Waals surface area contributed by atoms with Gasteiger partial charge >= 0.3 is 0 Å². The van der Waals surface area contributed by atoms with Gasteiger partial charge in [0, 0.05) is 18.3 Å². The molecule has 0 unspecified atom stereocenters. The first-order chi connectivity index (χ1) is 10.0. The van der Waals surface area contributed by atoms with Crippen molar-refractivity contribution in [1.82, 2.24) is 4.98 Å². The number of carbonyl (C=O) groups is 1. The third-order valence-electron chi connectivity index (χ3n) is 2.77. The van der Waals surface area contributed by atoms with Crippen LogP contribution in [-0.2, 0) is 6.54 Å². The molecule has 7 nitrogen and oxygen atoms in total. The predicted octanol–water partition coefficient (Wildman–Crippen LogP) is 2.35. The molecule has 0 radical (unpaired) electrons. The normalized spacial score (nSPS) is 10.2. The predicted molar refractivity (Wildman–Crippen MR) is 78.2 cm³/mol. The number of aromatic nitrogens is 1. The van der Waals surface area contributed by atoms with Crippen LogP contribution in [0.5, 0.6) is 0 Å². The second kappa shape index (κ2) is 6.29. The molecule has 1 amide bonds. The van der Waals surface area contributed by atoms with E-state index < -0.39 is 10.8 Å². The summed E-state index contributed by atoms with van der Waals surface area (Å²) in [6.45, 7) is 0.247. The van der Waals surface area contributed by atoms with E-state index in [-0.39, 0.29) is 22.9 Å². The molecule has 2 aromatic rings. The number of halogens is 1. The molecule has 21 heavy (non-hydrogen) atoms. The lowest BCUT2D eigenvalue weighted by molar-refractivity contribution is -0.385. The molecule has 0 aliphatic heterocycles. The summed E-state index contributed by atoms with van der Waals surface area (Å²) in [6.07, 6.45) is 0.993. The van der Waals surface area contributed by atoms with Gasteiger partial charge in [-0.1, -0.05) is 29.8 Å². The summed E-state index contributed by atoms with van der Waals surface area (Å²) < 4.78 is 0. The molecular formula is C13H11ClN4O3. The number of para-hydroxylation sites is 1. The Labute approximate surface area is 124 Å². The van der Waals surface area contributed by atoms with Crippen LogP contribution in [0.4, 0.5) is 11.4 Å². The number of rotatable bonds is 4. The SMILES string of the molecule is NCc1ccccc1NC(=O)c1cc([N+](=O)[O-])cnc1Cl. The topological polar surface area (TPSA) is 111 Å². The fourth-order valence-electron chi connectivity index (χ4n) is 1.71. The Bertz CT molecular complexity index is 706. The minimum Gasteiger partial charge on any atom is -0.326 e. The van der Waals surface area contributed by atoms with Crippen LogP contribution in [-0.4, -0.2) is 15.8 Å². The first-order valence-electron chi connectivity index (χ1n) is 5.92. The van der Waals surface area contributed by atoms with Crippen molar-refractivity contribution >= 4 is 28.9 Å². The number of amides is 1. The zero-order valence-corrected chi connectivity index (χ0v) is 11.5. The van der Waals surface area contributed by atoms with Gasteiger partial charge in [0.05, 0.1) is 10.5 Å². The number of pyridine rings is 1. The molecule has 1 aromatic carbocycles. The van der Waals surface area contributed by atoms with E-state index in [1.807, 2.05) is 0 Å². The summed E-state index contributed by atoms with van der Waals surface area (Å²) in [5, 5.41) is 13.2. The van der Waals surface area contributed by atoms with E-state index in [4.69, 9.17) is 17.3 Å². The third-order valence-corrected chi connectivity index (χ3v) is 3.07. The molecule has 3 N–H and O–H groups in total. The lowest BCUT2D eigenvalue weighted by Crippen LogP contribution is -2.15.